The molecule has 1 saturated carbocycles. The number of hydrogen-bond acceptors (Lipinski definition) is 6. The number of aliphatic hydroxyl groups excluding tert-OH is 1. The molecule has 4 N–H and O–H groups in total. The molecule has 1 aliphatic heterocycles. The van der Waals surface area contributed by atoms with Gasteiger partial charge in [0.15, 0.2) is 5.78 Å². The second kappa shape index (κ2) is 7.88. The van der Waals surface area contributed by atoms with Gasteiger partial charge in [-0.2, -0.15) is 0 Å². The summed E-state index contributed by atoms with van der Waals surface area (Å²) in [6.07, 6.45) is 4.74. The maximum Gasteiger partial charge on any atom is 0.250 e. The summed E-state index contributed by atoms with van der Waals surface area (Å²) in [6, 6.07) is 9.15. The summed E-state index contributed by atoms with van der Waals surface area (Å²) in [5.74, 6) is -0.0423. The van der Waals surface area contributed by atoms with Crippen LogP contribution >= 0.6 is 0 Å². The number of fused-ring (bicyclic) bond motifs is 3. The minimum Gasteiger partial charge on any atom is -0.472 e. The lowest BCUT2D eigenvalue weighted by atomic mass is 9.92. The van der Waals surface area contributed by atoms with Crippen LogP contribution < -0.4 is 15.8 Å². The number of ketones is 1. The summed E-state index contributed by atoms with van der Waals surface area (Å²) >= 11 is 0. The number of aliphatic hydroxyl groups is 1. The van der Waals surface area contributed by atoms with Gasteiger partial charge < -0.3 is 20.9 Å². The number of rotatable bonds is 4. The second-order valence-electron chi connectivity index (χ2n) is 9.60. The topological polar surface area (TPSA) is 119 Å². The molecular weight excluding hydrogens is 420 g/mol. The number of aromatic nitrogens is 2. The molecule has 1 aromatic carbocycles. The number of benzene rings is 1. The zero-order chi connectivity index (χ0) is 23.3. The van der Waals surface area contributed by atoms with Crippen LogP contribution in [0, 0.1) is 0 Å². The summed E-state index contributed by atoms with van der Waals surface area (Å²) in [5, 5.41) is 14.0. The smallest absolute Gasteiger partial charge is 0.250 e. The first-order valence-electron chi connectivity index (χ1n) is 11.3. The fraction of sp³-hybridized carbons (Fsp3) is 0.400. The van der Waals surface area contributed by atoms with Gasteiger partial charge in [-0.3, -0.25) is 14.2 Å². The van der Waals surface area contributed by atoms with Gasteiger partial charge in [0.2, 0.25) is 5.88 Å². The largest absolute Gasteiger partial charge is 0.472 e. The van der Waals surface area contributed by atoms with Gasteiger partial charge in [0.1, 0.15) is 11.2 Å². The molecule has 1 amide bonds. The number of Topliss-reactive ketones (excluding diaryl/α,β-unsaturated/α-hetero) is 1. The monoisotopic (exact) mass is 448 g/mol. The minimum absolute atomic E-state index is 0.0193. The molecule has 3 heterocycles. The predicted octanol–water partition coefficient (Wildman–Crippen LogP) is 3.58. The van der Waals surface area contributed by atoms with Crippen LogP contribution in [-0.4, -0.2) is 44.1 Å². The maximum atomic E-state index is 13.0. The van der Waals surface area contributed by atoms with E-state index in [2.05, 4.69) is 10.3 Å². The van der Waals surface area contributed by atoms with Gasteiger partial charge in [-0.15, -0.1) is 0 Å². The summed E-state index contributed by atoms with van der Waals surface area (Å²) in [7, 11) is 0. The Hall–Kier alpha value is -3.39. The molecule has 172 valence electrons. The van der Waals surface area contributed by atoms with Crippen LogP contribution in [0.1, 0.15) is 66.7 Å². The number of amides is 1. The van der Waals surface area contributed by atoms with E-state index in [0.29, 0.717) is 46.9 Å². The van der Waals surface area contributed by atoms with Crippen LogP contribution in [0.3, 0.4) is 0 Å². The molecule has 3 aromatic rings. The van der Waals surface area contributed by atoms with E-state index in [-0.39, 0.29) is 24.3 Å². The number of primary amides is 1. The molecule has 0 radical (unpaired) electrons. The first-order valence-corrected chi connectivity index (χ1v) is 11.3. The summed E-state index contributed by atoms with van der Waals surface area (Å²) in [5.41, 5.74) is 7.89. The molecule has 2 aliphatic rings. The summed E-state index contributed by atoms with van der Waals surface area (Å²) in [6.45, 7) is 3.79. The summed E-state index contributed by atoms with van der Waals surface area (Å²) < 4.78 is 8.14. The quantitative estimate of drug-likeness (QED) is 0.561. The van der Waals surface area contributed by atoms with Crippen LogP contribution in [0.15, 0.2) is 36.5 Å². The van der Waals surface area contributed by atoms with Crippen molar-refractivity contribution in [2.75, 3.05) is 5.32 Å². The number of carbonyl (C=O) groups excluding carboxylic acids is 2. The Labute approximate surface area is 191 Å². The molecule has 8 heteroatoms. The number of nitrogens with zero attached hydrogens (tertiary/aromatic N) is 2. The molecule has 1 fully saturated rings. The number of ether oxygens (including phenoxy) is 1. The second-order valence-corrected chi connectivity index (χ2v) is 9.60. The average Bonchev–Trinajstić information content (AvgIpc) is 3.08. The number of hydrogen-bond donors (Lipinski definition) is 3. The Balaban J connectivity index is 1.65. The SMILES string of the molecule is CC1(C)CC(=O)c2c(n(-c3ccc(C(N)=O)c(N[C@H]4CC[C@H](O)CC4)c3)c3ncccc23)O1. The molecule has 0 spiro atoms. The molecule has 0 bridgehead atoms. The maximum absolute atomic E-state index is 13.0. The zero-order valence-electron chi connectivity index (χ0n) is 18.8. The highest BCUT2D eigenvalue weighted by molar-refractivity contribution is 6.11. The average molecular weight is 449 g/mol. The Kier molecular flexibility index (Phi) is 5.12. The van der Waals surface area contributed by atoms with Crippen molar-refractivity contribution in [1.82, 2.24) is 9.55 Å². The highest BCUT2D eigenvalue weighted by Crippen LogP contribution is 2.42. The number of nitrogens with one attached hydrogen (secondary N) is 1. The highest BCUT2D eigenvalue weighted by atomic mass is 16.5. The van der Waals surface area contributed by atoms with Crippen LogP contribution in [0.2, 0.25) is 0 Å². The molecule has 0 unspecified atom stereocenters. The van der Waals surface area contributed by atoms with E-state index in [1.807, 2.05) is 30.5 Å². The van der Waals surface area contributed by atoms with E-state index >= 15 is 0 Å². The van der Waals surface area contributed by atoms with Crippen LogP contribution in [0.4, 0.5) is 5.69 Å². The van der Waals surface area contributed by atoms with Gasteiger partial charge >= 0.3 is 0 Å². The number of nitrogens with two attached hydrogens (primary N) is 1. The van der Waals surface area contributed by atoms with E-state index in [4.69, 9.17) is 10.5 Å². The van der Waals surface area contributed by atoms with Crippen molar-refractivity contribution in [1.29, 1.82) is 0 Å². The summed E-state index contributed by atoms with van der Waals surface area (Å²) in [4.78, 5) is 29.7. The van der Waals surface area contributed by atoms with Gasteiger partial charge in [-0.05, 0) is 69.9 Å². The third-order valence-electron chi connectivity index (χ3n) is 6.51. The Morgan fingerprint density at radius 1 is 1.24 bits per heavy atom. The normalized spacial score (nSPS) is 22.0. The van der Waals surface area contributed by atoms with Crippen molar-refractivity contribution < 1.29 is 19.4 Å². The van der Waals surface area contributed by atoms with Crippen molar-refractivity contribution in [3.63, 3.8) is 0 Å². The molecule has 33 heavy (non-hydrogen) atoms. The molecule has 1 aliphatic carbocycles. The molecule has 0 atom stereocenters. The van der Waals surface area contributed by atoms with Gasteiger partial charge in [0.05, 0.1) is 29.3 Å². The molecule has 2 aromatic heterocycles. The fourth-order valence-corrected chi connectivity index (χ4v) is 4.92. The van der Waals surface area contributed by atoms with Crippen molar-refractivity contribution in [2.24, 2.45) is 5.73 Å². The van der Waals surface area contributed by atoms with Crippen LogP contribution in [0.25, 0.3) is 16.7 Å². The first-order chi connectivity index (χ1) is 15.7. The van der Waals surface area contributed by atoms with E-state index in [0.717, 1.165) is 18.2 Å². The first kappa shape index (κ1) is 21.5. The lowest BCUT2D eigenvalue weighted by molar-refractivity contribution is 0.0587. The Morgan fingerprint density at radius 2 is 2.00 bits per heavy atom. The van der Waals surface area contributed by atoms with Crippen molar-refractivity contribution in [3.8, 4) is 11.6 Å². The fourth-order valence-electron chi connectivity index (χ4n) is 4.92. The zero-order valence-corrected chi connectivity index (χ0v) is 18.8. The van der Waals surface area contributed by atoms with E-state index in [1.54, 1.807) is 24.4 Å². The molecule has 0 saturated heterocycles. The minimum atomic E-state index is -0.645. The van der Waals surface area contributed by atoms with E-state index in [9.17, 15) is 14.7 Å². The lowest BCUT2D eigenvalue weighted by Gasteiger charge is -2.31. The highest BCUT2D eigenvalue weighted by Gasteiger charge is 2.38. The molecule has 8 nitrogen and oxygen atoms in total. The Bertz CT molecular complexity index is 1250. The van der Waals surface area contributed by atoms with Crippen LogP contribution in [-0.2, 0) is 0 Å². The van der Waals surface area contributed by atoms with Crippen LogP contribution in [0.5, 0.6) is 5.88 Å². The number of carbonyl (C=O) groups is 2. The lowest BCUT2D eigenvalue weighted by Crippen LogP contribution is -2.36. The third-order valence-corrected chi connectivity index (χ3v) is 6.51. The molecule has 5 rings (SSSR count). The standard InChI is InChI=1S/C25H28N4O4/c1-25(2)13-20(31)21-18-4-3-11-27-23(18)29(24(21)33-25)15-7-10-17(22(26)32)19(12-15)28-14-5-8-16(30)9-6-14/h3-4,7,10-12,14,16,28,30H,5-6,8-9,13H2,1-2H3,(H2,26,32)/t14-,16-. The number of anilines is 1. The molecular formula is C25H28N4O4. The predicted molar refractivity (Wildman–Crippen MR) is 125 cm³/mol. The van der Waals surface area contributed by atoms with Crippen molar-refractivity contribution in [2.45, 2.75) is 63.7 Å². The van der Waals surface area contributed by atoms with Gasteiger partial charge in [0, 0.05) is 23.3 Å². The number of pyridine rings is 1. The van der Waals surface area contributed by atoms with Gasteiger partial charge in [-0.1, -0.05) is 0 Å². The van der Waals surface area contributed by atoms with E-state index < -0.39 is 11.5 Å². The third kappa shape index (κ3) is 3.84. The van der Waals surface area contributed by atoms with Gasteiger partial charge in [0.25, 0.3) is 5.91 Å². The Morgan fingerprint density at radius 3 is 2.73 bits per heavy atom. The van der Waals surface area contributed by atoms with E-state index in [1.165, 1.54) is 0 Å². The van der Waals surface area contributed by atoms with Crippen molar-refractivity contribution in [3.05, 3.63) is 47.7 Å². The van der Waals surface area contributed by atoms with Crippen molar-refractivity contribution >= 4 is 28.4 Å². The van der Waals surface area contributed by atoms with Gasteiger partial charge in [-0.25, -0.2) is 4.98 Å².